The summed E-state index contributed by atoms with van der Waals surface area (Å²) in [5.41, 5.74) is 1.29. The third-order valence-electron chi connectivity index (χ3n) is 3.93. The van der Waals surface area contributed by atoms with Crippen molar-refractivity contribution < 1.29 is 4.74 Å². The molecule has 3 nitrogen and oxygen atoms in total. The molecule has 3 atom stereocenters. The number of ether oxygens (including phenoxy) is 1. The average molecular weight is 327 g/mol. The summed E-state index contributed by atoms with van der Waals surface area (Å²) >= 11 is 3.55. The normalized spacial score (nSPS) is 25.1. The Morgan fingerprint density at radius 1 is 1.47 bits per heavy atom. The molecule has 1 aromatic carbocycles. The number of rotatable bonds is 4. The highest BCUT2D eigenvalue weighted by Gasteiger charge is 2.22. The molecule has 1 aliphatic heterocycles. The number of nitrogens with one attached hydrogen (secondary N) is 2. The van der Waals surface area contributed by atoms with Crippen molar-refractivity contribution in [1.82, 2.24) is 10.6 Å². The Morgan fingerprint density at radius 3 is 2.89 bits per heavy atom. The van der Waals surface area contributed by atoms with E-state index in [1.807, 2.05) is 6.07 Å². The molecule has 1 heterocycles. The van der Waals surface area contributed by atoms with Crippen LogP contribution in [0.1, 0.15) is 31.9 Å². The largest absolute Gasteiger partial charge is 0.496 e. The summed E-state index contributed by atoms with van der Waals surface area (Å²) in [5.74, 6) is 1.56. The highest BCUT2D eigenvalue weighted by molar-refractivity contribution is 9.10. The molecule has 19 heavy (non-hydrogen) atoms. The average Bonchev–Trinajstić information content (AvgIpc) is 2.41. The molecule has 0 spiro atoms. The first-order valence-corrected chi connectivity index (χ1v) is 7.71. The lowest BCUT2D eigenvalue weighted by molar-refractivity contribution is 0.278. The lowest BCUT2D eigenvalue weighted by Crippen LogP contribution is -2.47. The van der Waals surface area contributed by atoms with E-state index in [1.165, 1.54) is 12.0 Å². The second-order valence-corrected chi connectivity index (χ2v) is 6.21. The van der Waals surface area contributed by atoms with Crippen LogP contribution in [0.4, 0.5) is 0 Å². The van der Waals surface area contributed by atoms with Crippen molar-refractivity contribution in [2.45, 2.75) is 32.4 Å². The van der Waals surface area contributed by atoms with Crippen LogP contribution >= 0.6 is 15.9 Å². The molecule has 2 N–H and O–H groups in total. The summed E-state index contributed by atoms with van der Waals surface area (Å²) < 4.78 is 6.28. The van der Waals surface area contributed by atoms with Crippen LogP contribution in [-0.2, 0) is 0 Å². The van der Waals surface area contributed by atoms with Gasteiger partial charge >= 0.3 is 0 Å². The van der Waals surface area contributed by atoms with Gasteiger partial charge in [0.25, 0.3) is 0 Å². The summed E-state index contributed by atoms with van der Waals surface area (Å²) in [5, 5.41) is 7.19. The van der Waals surface area contributed by atoms with Crippen molar-refractivity contribution in [1.29, 1.82) is 0 Å². The predicted molar refractivity (Wildman–Crippen MR) is 82.7 cm³/mol. The van der Waals surface area contributed by atoms with Crippen LogP contribution < -0.4 is 15.4 Å². The number of piperidine rings is 1. The van der Waals surface area contributed by atoms with Crippen LogP contribution in [0, 0.1) is 5.92 Å². The molecule has 1 fully saturated rings. The molecule has 0 bridgehead atoms. The number of benzene rings is 1. The van der Waals surface area contributed by atoms with Crippen LogP contribution in [0.3, 0.4) is 0 Å². The van der Waals surface area contributed by atoms with Crippen LogP contribution in [0.2, 0.25) is 0 Å². The Labute approximate surface area is 124 Å². The van der Waals surface area contributed by atoms with Gasteiger partial charge in [0.05, 0.1) is 11.6 Å². The van der Waals surface area contributed by atoms with Gasteiger partial charge in [-0.15, -0.1) is 0 Å². The Hall–Kier alpha value is -0.580. The molecular formula is C15H23BrN2O. The maximum Gasteiger partial charge on any atom is 0.133 e. The minimum absolute atomic E-state index is 0.354. The van der Waals surface area contributed by atoms with Gasteiger partial charge < -0.3 is 15.4 Å². The van der Waals surface area contributed by atoms with Gasteiger partial charge in [0.1, 0.15) is 5.75 Å². The molecule has 0 saturated carbocycles. The van der Waals surface area contributed by atoms with E-state index in [0.29, 0.717) is 18.0 Å². The molecule has 1 saturated heterocycles. The highest BCUT2D eigenvalue weighted by atomic mass is 79.9. The van der Waals surface area contributed by atoms with Crippen molar-refractivity contribution in [2.24, 2.45) is 5.92 Å². The minimum atomic E-state index is 0.354. The molecular weight excluding hydrogens is 304 g/mol. The Bertz CT molecular complexity index is 425. The first-order valence-electron chi connectivity index (χ1n) is 6.92. The van der Waals surface area contributed by atoms with Crippen LogP contribution in [0.5, 0.6) is 5.75 Å². The third-order valence-corrected chi connectivity index (χ3v) is 4.54. The lowest BCUT2D eigenvalue weighted by atomic mass is 9.94. The lowest BCUT2D eigenvalue weighted by Gasteiger charge is -2.33. The van der Waals surface area contributed by atoms with E-state index in [-0.39, 0.29) is 0 Å². The number of hydrogen-bond donors (Lipinski definition) is 2. The second kappa shape index (κ2) is 6.73. The van der Waals surface area contributed by atoms with Gasteiger partial charge in [-0.1, -0.05) is 13.0 Å². The zero-order valence-corrected chi connectivity index (χ0v) is 13.5. The molecule has 4 heteroatoms. The molecule has 106 valence electrons. The van der Waals surface area contributed by atoms with Gasteiger partial charge in [0.2, 0.25) is 0 Å². The van der Waals surface area contributed by atoms with E-state index in [1.54, 1.807) is 7.11 Å². The van der Waals surface area contributed by atoms with Crippen molar-refractivity contribution in [3.8, 4) is 5.75 Å². The van der Waals surface area contributed by atoms with E-state index in [4.69, 9.17) is 4.74 Å². The quantitative estimate of drug-likeness (QED) is 0.892. The van der Waals surface area contributed by atoms with Crippen LogP contribution in [0.15, 0.2) is 22.7 Å². The maximum atomic E-state index is 5.27. The van der Waals surface area contributed by atoms with Gasteiger partial charge in [0.15, 0.2) is 0 Å². The van der Waals surface area contributed by atoms with E-state index in [0.717, 1.165) is 23.3 Å². The third kappa shape index (κ3) is 3.71. The fourth-order valence-corrected chi connectivity index (χ4v) is 3.19. The summed E-state index contributed by atoms with van der Waals surface area (Å²) in [6.07, 6.45) is 1.20. The zero-order chi connectivity index (χ0) is 13.8. The zero-order valence-electron chi connectivity index (χ0n) is 11.9. The first kappa shape index (κ1) is 14.8. The second-order valence-electron chi connectivity index (χ2n) is 5.36. The van der Waals surface area contributed by atoms with E-state index < -0.39 is 0 Å². The van der Waals surface area contributed by atoms with Crippen molar-refractivity contribution in [3.05, 3.63) is 28.2 Å². The van der Waals surface area contributed by atoms with E-state index in [9.17, 15) is 0 Å². The SMILES string of the molecule is COc1ccc(C(C)NC2CCNCC2C)cc1Br. The fraction of sp³-hybridized carbons (Fsp3) is 0.600. The smallest absolute Gasteiger partial charge is 0.133 e. The molecule has 2 rings (SSSR count). The summed E-state index contributed by atoms with van der Waals surface area (Å²) in [7, 11) is 1.69. The van der Waals surface area contributed by atoms with Crippen LogP contribution in [0.25, 0.3) is 0 Å². The highest BCUT2D eigenvalue weighted by Crippen LogP contribution is 2.28. The van der Waals surface area contributed by atoms with Gasteiger partial charge in [-0.3, -0.25) is 0 Å². The number of hydrogen-bond acceptors (Lipinski definition) is 3. The molecule has 0 amide bonds. The molecule has 0 radical (unpaired) electrons. The van der Waals surface area contributed by atoms with Crippen molar-refractivity contribution >= 4 is 15.9 Å². The molecule has 3 unspecified atom stereocenters. The molecule has 0 aromatic heterocycles. The monoisotopic (exact) mass is 326 g/mol. The number of halogens is 1. The van der Waals surface area contributed by atoms with Crippen LogP contribution in [-0.4, -0.2) is 26.2 Å². The predicted octanol–water partition coefficient (Wildman–Crippen LogP) is 3.11. The summed E-state index contributed by atoms with van der Waals surface area (Å²) in [6, 6.07) is 7.24. The van der Waals surface area contributed by atoms with Gasteiger partial charge in [-0.05, 0) is 66.0 Å². The number of methoxy groups -OCH3 is 1. The first-order chi connectivity index (χ1) is 9.11. The fourth-order valence-electron chi connectivity index (χ4n) is 2.63. The van der Waals surface area contributed by atoms with Crippen molar-refractivity contribution in [3.63, 3.8) is 0 Å². The summed E-state index contributed by atoms with van der Waals surface area (Å²) in [4.78, 5) is 0. The molecule has 0 aliphatic carbocycles. The molecule has 1 aromatic rings. The van der Waals surface area contributed by atoms with Gasteiger partial charge in [-0.25, -0.2) is 0 Å². The summed E-state index contributed by atoms with van der Waals surface area (Å²) in [6.45, 7) is 6.75. The Morgan fingerprint density at radius 2 is 2.26 bits per heavy atom. The molecule has 1 aliphatic rings. The minimum Gasteiger partial charge on any atom is -0.496 e. The maximum absolute atomic E-state index is 5.27. The van der Waals surface area contributed by atoms with E-state index in [2.05, 4.69) is 52.5 Å². The standard InChI is InChI=1S/C15H23BrN2O/c1-10-9-17-7-6-14(10)18-11(2)12-4-5-15(19-3)13(16)8-12/h4-5,8,10-11,14,17-18H,6-7,9H2,1-3H3. The van der Waals surface area contributed by atoms with E-state index >= 15 is 0 Å². The Kier molecular flexibility index (Phi) is 5.25. The van der Waals surface area contributed by atoms with Gasteiger partial charge in [0, 0.05) is 12.1 Å². The van der Waals surface area contributed by atoms with Crippen molar-refractivity contribution in [2.75, 3.05) is 20.2 Å². The Balaban J connectivity index is 2.02. The van der Waals surface area contributed by atoms with Gasteiger partial charge in [-0.2, -0.15) is 0 Å². The topological polar surface area (TPSA) is 33.3 Å².